The molecule has 116 valence electrons. The lowest BCUT2D eigenvalue weighted by atomic mass is 9.96. The van der Waals surface area contributed by atoms with Gasteiger partial charge in [-0.15, -0.1) is 11.6 Å². The number of nitrogens with one attached hydrogen (secondary N) is 1. The van der Waals surface area contributed by atoms with Crippen LogP contribution in [0.4, 0.5) is 10.1 Å². The second-order valence-electron chi connectivity index (χ2n) is 4.90. The highest BCUT2D eigenvalue weighted by Crippen LogP contribution is 2.26. The molecule has 0 spiro atoms. The van der Waals surface area contributed by atoms with Crippen molar-refractivity contribution in [2.24, 2.45) is 0 Å². The summed E-state index contributed by atoms with van der Waals surface area (Å²) in [5, 5.41) is 10.2. The van der Waals surface area contributed by atoms with Crippen molar-refractivity contribution >= 4 is 27.3 Å². The predicted molar refractivity (Wildman–Crippen MR) is 75.3 cm³/mol. The van der Waals surface area contributed by atoms with Gasteiger partial charge in [0, 0.05) is 17.5 Å². The Balaban J connectivity index is 2.25. The Labute approximate surface area is 126 Å². The summed E-state index contributed by atoms with van der Waals surface area (Å²) in [4.78, 5) is 9.13. The monoisotopic (exact) mass is 336 g/mol. The quantitative estimate of drug-likeness (QED) is 0.520. The highest BCUT2D eigenvalue weighted by molar-refractivity contribution is 7.89. The fourth-order valence-electron chi connectivity index (χ4n) is 2.30. The van der Waals surface area contributed by atoms with E-state index in [-0.39, 0.29) is 5.38 Å². The van der Waals surface area contributed by atoms with Gasteiger partial charge in [0.2, 0.25) is 10.0 Å². The standard InChI is InChI=1S/C12H14ClFN2O4S/c13-9-3-1-2-4-11(9)15-21(19,20)12-6-5-8(16(17)18)7-10(12)14/h5-7,9,11,15H,1-4H2. The molecule has 2 atom stereocenters. The van der Waals surface area contributed by atoms with Crippen LogP contribution in [0.2, 0.25) is 0 Å². The highest BCUT2D eigenvalue weighted by Gasteiger charge is 2.30. The van der Waals surface area contributed by atoms with Crippen LogP contribution in [0.5, 0.6) is 0 Å². The fraction of sp³-hybridized carbons (Fsp3) is 0.500. The molecule has 1 aliphatic rings. The molecular weight excluding hydrogens is 323 g/mol. The van der Waals surface area contributed by atoms with Crippen LogP contribution in [-0.2, 0) is 10.0 Å². The molecular formula is C12H14ClFN2O4S. The van der Waals surface area contributed by atoms with Crippen LogP contribution >= 0.6 is 11.6 Å². The molecule has 0 aromatic heterocycles. The topological polar surface area (TPSA) is 89.3 Å². The van der Waals surface area contributed by atoms with Gasteiger partial charge in [-0.1, -0.05) is 12.8 Å². The number of hydrogen-bond acceptors (Lipinski definition) is 4. The zero-order valence-electron chi connectivity index (χ0n) is 11.0. The fourth-order valence-corrected chi connectivity index (χ4v) is 4.09. The summed E-state index contributed by atoms with van der Waals surface area (Å²) in [5.74, 6) is -1.15. The van der Waals surface area contributed by atoms with Crippen LogP contribution in [-0.4, -0.2) is 24.8 Å². The van der Waals surface area contributed by atoms with Gasteiger partial charge in [0.15, 0.2) is 0 Å². The molecule has 2 unspecified atom stereocenters. The summed E-state index contributed by atoms with van der Waals surface area (Å²) in [6, 6.07) is 1.98. The van der Waals surface area contributed by atoms with Crippen molar-refractivity contribution in [3.63, 3.8) is 0 Å². The van der Waals surface area contributed by atoms with Crippen molar-refractivity contribution in [2.75, 3.05) is 0 Å². The molecule has 1 aromatic rings. The summed E-state index contributed by atoms with van der Waals surface area (Å²) >= 11 is 6.07. The Morgan fingerprint density at radius 1 is 1.33 bits per heavy atom. The zero-order valence-corrected chi connectivity index (χ0v) is 12.5. The number of nitrogens with zero attached hydrogens (tertiary/aromatic N) is 1. The molecule has 0 aliphatic heterocycles. The molecule has 1 aromatic carbocycles. The summed E-state index contributed by atoms with van der Waals surface area (Å²) in [5.41, 5.74) is -0.501. The molecule has 9 heteroatoms. The lowest BCUT2D eigenvalue weighted by Crippen LogP contribution is -2.42. The van der Waals surface area contributed by atoms with E-state index in [2.05, 4.69) is 4.72 Å². The molecule has 0 heterocycles. The number of non-ortho nitro benzene ring substituents is 1. The number of nitro benzene ring substituents is 1. The first-order valence-corrected chi connectivity index (χ1v) is 8.33. The maximum atomic E-state index is 13.8. The van der Waals surface area contributed by atoms with Gasteiger partial charge in [-0.3, -0.25) is 10.1 Å². The first-order valence-electron chi connectivity index (χ1n) is 6.41. The van der Waals surface area contributed by atoms with Crippen molar-refractivity contribution in [1.82, 2.24) is 4.72 Å². The number of rotatable bonds is 4. The van der Waals surface area contributed by atoms with E-state index in [1.807, 2.05) is 0 Å². The smallest absolute Gasteiger partial charge is 0.258 e. The third-order valence-corrected chi connectivity index (χ3v) is 5.45. The normalized spacial score (nSPS) is 23.0. The van der Waals surface area contributed by atoms with Gasteiger partial charge < -0.3 is 0 Å². The number of sulfonamides is 1. The molecule has 0 radical (unpaired) electrons. The lowest BCUT2D eigenvalue weighted by Gasteiger charge is -2.27. The summed E-state index contributed by atoms with van der Waals surface area (Å²) in [7, 11) is -4.10. The predicted octanol–water partition coefficient (Wildman–Crippen LogP) is 2.56. The molecule has 6 nitrogen and oxygen atoms in total. The Morgan fingerprint density at radius 2 is 2.00 bits per heavy atom. The average Bonchev–Trinajstić information content (AvgIpc) is 2.40. The van der Waals surface area contributed by atoms with E-state index in [0.29, 0.717) is 18.9 Å². The van der Waals surface area contributed by atoms with Crippen LogP contribution in [0, 0.1) is 15.9 Å². The molecule has 0 bridgehead atoms. The van der Waals surface area contributed by atoms with Gasteiger partial charge in [-0.05, 0) is 18.9 Å². The minimum absolute atomic E-state index is 0.338. The maximum absolute atomic E-state index is 13.8. The van der Waals surface area contributed by atoms with E-state index < -0.39 is 37.4 Å². The van der Waals surface area contributed by atoms with Gasteiger partial charge in [-0.2, -0.15) is 0 Å². The van der Waals surface area contributed by atoms with Gasteiger partial charge in [-0.25, -0.2) is 17.5 Å². The van der Waals surface area contributed by atoms with Crippen LogP contribution in [0.3, 0.4) is 0 Å². The second-order valence-corrected chi connectivity index (χ2v) is 7.14. The summed E-state index contributed by atoms with van der Waals surface area (Å²) < 4.78 is 40.5. The van der Waals surface area contributed by atoms with Gasteiger partial charge in [0.25, 0.3) is 5.69 Å². The first-order chi connectivity index (χ1) is 9.81. The second kappa shape index (κ2) is 6.25. The van der Waals surface area contributed by atoms with E-state index >= 15 is 0 Å². The molecule has 2 rings (SSSR count). The number of alkyl halides is 1. The number of nitro groups is 1. The Hall–Kier alpha value is -1.25. The molecule has 1 saturated carbocycles. The average molecular weight is 337 g/mol. The molecule has 1 N–H and O–H groups in total. The van der Waals surface area contributed by atoms with E-state index in [1.54, 1.807) is 0 Å². The minimum Gasteiger partial charge on any atom is -0.258 e. The number of halogens is 2. The molecule has 0 saturated heterocycles. The van der Waals surface area contributed by atoms with E-state index in [4.69, 9.17) is 11.6 Å². The van der Waals surface area contributed by atoms with E-state index in [9.17, 15) is 22.9 Å². The molecule has 1 fully saturated rings. The van der Waals surface area contributed by atoms with Gasteiger partial charge >= 0.3 is 0 Å². The van der Waals surface area contributed by atoms with Crippen LogP contribution in [0.15, 0.2) is 23.1 Å². The van der Waals surface area contributed by atoms with Crippen LogP contribution in [0.25, 0.3) is 0 Å². The highest BCUT2D eigenvalue weighted by atomic mass is 35.5. The third-order valence-electron chi connectivity index (χ3n) is 3.40. The SMILES string of the molecule is O=[N+]([O-])c1ccc(S(=O)(=O)NC2CCCCC2Cl)c(F)c1. The maximum Gasteiger partial charge on any atom is 0.272 e. The van der Waals surface area contributed by atoms with Crippen molar-refractivity contribution in [1.29, 1.82) is 0 Å². The van der Waals surface area contributed by atoms with E-state index in [1.165, 1.54) is 0 Å². The summed E-state index contributed by atoms with van der Waals surface area (Å²) in [6.07, 6.45) is 3.05. The molecule has 1 aliphatic carbocycles. The van der Waals surface area contributed by atoms with Gasteiger partial charge in [0.1, 0.15) is 10.7 Å². The Kier molecular flexibility index (Phi) is 4.80. The van der Waals surface area contributed by atoms with Crippen molar-refractivity contribution in [3.8, 4) is 0 Å². The first kappa shape index (κ1) is 16.1. The lowest BCUT2D eigenvalue weighted by molar-refractivity contribution is -0.385. The largest absolute Gasteiger partial charge is 0.272 e. The van der Waals surface area contributed by atoms with Gasteiger partial charge in [0.05, 0.1) is 11.0 Å². The summed E-state index contributed by atoms with van der Waals surface area (Å²) in [6.45, 7) is 0. The van der Waals surface area contributed by atoms with Crippen LogP contribution in [0.1, 0.15) is 25.7 Å². The van der Waals surface area contributed by atoms with Crippen LogP contribution < -0.4 is 4.72 Å². The number of benzene rings is 1. The van der Waals surface area contributed by atoms with Crippen molar-refractivity contribution in [3.05, 3.63) is 34.1 Å². The van der Waals surface area contributed by atoms with Crippen molar-refractivity contribution in [2.45, 2.75) is 42.0 Å². The van der Waals surface area contributed by atoms with Crippen molar-refractivity contribution < 1.29 is 17.7 Å². The third kappa shape index (κ3) is 3.69. The Bertz CT molecular complexity index is 653. The minimum atomic E-state index is -4.10. The van der Waals surface area contributed by atoms with E-state index in [0.717, 1.165) is 25.0 Å². The Morgan fingerprint density at radius 3 is 2.57 bits per heavy atom. The number of hydrogen-bond donors (Lipinski definition) is 1. The zero-order chi connectivity index (χ0) is 15.6. The molecule has 21 heavy (non-hydrogen) atoms. The molecule has 0 amide bonds.